The van der Waals surface area contributed by atoms with Crippen molar-refractivity contribution in [2.24, 2.45) is 0 Å². The molecule has 0 spiro atoms. The highest BCUT2D eigenvalue weighted by atomic mass is 32.2. The molecule has 0 amide bonds. The molecule has 3 aromatic rings. The molecular weight excluding hydrogens is 420 g/mol. The molecule has 0 aliphatic rings. The van der Waals surface area contributed by atoms with Crippen molar-refractivity contribution >= 4 is 33.3 Å². The number of hydrogen-bond acceptors (Lipinski definition) is 6. The number of benzene rings is 3. The molecule has 162 valence electrons. The van der Waals surface area contributed by atoms with Crippen LogP contribution in [-0.2, 0) is 14.8 Å². The quantitative estimate of drug-likeness (QED) is 0.392. The first kappa shape index (κ1) is 23.4. The van der Waals surface area contributed by atoms with Gasteiger partial charge in [-0.1, -0.05) is 30.3 Å². The van der Waals surface area contributed by atoms with Crippen molar-refractivity contribution < 1.29 is 27.9 Å². The van der Waals surface area contributed by atoms with E-state index in [1.54, 1.807) is 55.5 Å². The third kappa shape index (κ3) is 6.86. The summed E-state index contributed by atoms with van der Waals surface area (Å²) in [4.78, 5) is 22.2. The van der Waals surface area contributed by atoms with Crippen molar-refractivity contribution in [2.45, 2.75) is 11.8 Å². The zero-order valence-electron chi connectivity index (χ0n) is 16.7. The molecular formula is C22H22N2O6S. The lowest BCUT2D eigenvalue weighted by Gasteiger charge is -2.10. The fraction of sp³-hybridized carbons (Fsp3) is 0.0909. The predicted octanol–water partition coefficient (Wildman–Crippen LogP) is 3.63. The van der Waals surface area contributed by atoms with E-state index in [-0.39, 0.29) is 22.1 Å². The second-order valence-electron chi connectivity index (χ2n) is 6.11. The number of anilines is 2. The molecule has 3 rings (SSSR count). The smallest absolute Gasteiger partial charge is 0.338 e. The van der Waals surface area contributed by atoms with E-state index < -0.39 is 16.0 Å². The van der Waals surface area contributed by atoms with Gasteiger partial charge in [0.15, 0.2) is 0 Å². The number of carbonyl (C=O) groups excluding carboxylic acids is 1. The van der Waals surface area contributed by atoms with Crippen LogP contribution in [0.2, 0.25) is 0 Å². The third-order valence-corrected chi connectivity index (χ3v) is 5.26. The molecule has 0 atom stereocenters. The summed E-state index contributed by atoms with van der Waals surface area (Å²) in [7, 11) is -3.78. The number of carbonyl (C=O) groups is 2. The van der Waals surface area contributed by atoms with Gasteiger partial charge >= 0.3 is 11.9 Å². The highest BCUT2D eigenvalue weighted by Crippen LogP contribution is 2.19. The van der Waals surface area contributed by atoms with E-state index in [1.807, 2.05) is 0 Å². The number of rotatable bonds is 6. The maximum atomic E-state index is 12.1. The van der Waals surface area contributed by atoms with Crippen LogP contribution in [0.1, 0.15) is 27.6 Å². The molecule has 0 aromatic heterocycles. The summed E-state index contributed by atoms with van der Waals surface area (Å²) in [6.07, 6.45) is 0. The molecule has 0 heterocycles. The number of hydrogen-bond donors (Lipinski definition) is 3. The first-order valence-electron chi connectivity index (χ1n) is 9.17. The molecule has 0 saturated heterocycles. The van der Waals surface area contributed by atoms with Gasteiger partial charge in [-0.2, -0.15) is 0 Å². The average molecular weight is 442 g/mol. The molecule has 8 nitrogen and oxygen atoms in total. The van der Waals surface area contributed by atoms with Crippen LogP contribution in [0.5, 0.6) is 0 Å². The molecule has 0 radical (unpaired) electrons. The molecule has 3 aromatic carbocycles. The Hall–Kier alpha value is -3.85. The second-order valence-corrected chi connectivity index (χ2v) is 7.79. The number of nitrogens with one attached hydrogen (secondary N) is 1. The van der Waals surface area contributed by atoms with Gasteiger partial charge in [-0.05, 0) is 55.5 Å². The van der Waals surface area contributed by atoms with Gasteiger partial charge < -0.3 is 15.6 Å². The number of carboxylic acid groups (broad SMARTS) is 1. The maximum absolute atomic E-state index is 12.1. The van der Waals surface area contributed by atoms with Crippen LogP contribution in [0.25, 0.3) is 0 Å². The minimum Gasteiger partial charge on any atom is -0.478 e. The first-order valence-corrected chi connectivity index (χ1v) is 10.7. The van der Waals surface area contributed by atoms with E-state index in [0.29, 0.717) is 17.9 Å². The normalized spacial score (nSPS) is 10.4. The van der Waals surface area contributed by atoms with Crippen molar-refractivity contribution in [2.75, 3.05) is 17.1 Å². The maximum Gasteiger partial charge on any atom is 0.338 e. The summed E-state index contributed by atoms with van der Waals surface area (Å²) in [5.74, 6) is -1.50. The van der Waals surface area contributed by atoms with Crippen LogP contribution < -0.4 is 10.5 Å². The lowest BCUT2D eigenvalue weighted by molar-refractivity contribution is 0.0526. The minimum atomic E-state index is -3.78. The van der Waals surface area contributed by atoms with Crippen molar-refractivity contribution in [3.63, 3.8) is 0 Å². The fourth-order valence-electron chi connectivity index (χ4n) is 2.40. The van der Waals surface area contributed by atoms with E-state index in [0.717, 1.165) is 0 Å². The lowest BCUT2D eigenvalue weighted by Crippen LogP contribution is -2.15. The highest BCUT2D eigenvalue weighted by molar-refractivity contribution is 7.92. The Kier molecular flexibility index (Phi) is 8.16. The number of ether oxygens (including phenoxy) is 1. The van der Waals surface area contributed by atoms with Gasteiger partial charge in [0.2, 0.25) is 0 Å². The summed E-state index contributed by atoms with van der Waals surface area (Å²) < 4.78 is 31.2. The monoisotopic (exact) mass is 442 g/mol. The summed E-state index contributed by atoms with van der Waals surface area (Å²) in [5, 5.41) is 9.00. The van der Waals surface area contributed by atoms with Crippen LogP contribution in [0.4, 0.5) is 11.4 Å². The average Bonchev–Trinajstić information content (AvgIpc) is 2.75. The minimum absolute atomic E-state index is 0.0406. The second kappa shape index (κ2) is 10.8. The summed E-state index contributed by atoms with van der Waals surface area (Å²) in [5.41, 5.74) is 6.57. The van der Waals surface area contributed by atoms with Crippen molar-refractivity contribution in [3.05, 3.63) is 90.0 Å². The van der Waals surface area contributed by atoms with Crippen LogP contribution in [0, 0.1) is 0 Å². The molecule has 0 aliphatic heterocycles. The Bertz CT molecular complexity index is 1130. The summed E-state index contributed by atoms with van der Waals surface area (Å²) in [6.45, 7) is 2.17. The molecule has 9 heteroatoms. The Balaban J connectivity index is 0.000000245. The molecule has 0 unspecified atom stereocenters. The lowest BCUT2D eigenvalue weighted by atomic mass is 10.2. The number of aromatic carboxylic acids is 1. The van der Waals surface area contributed by atoms with Gasteiger partial charge in [0.25, 0.3) is 10.0 Å². The highest BCUT2D eigenvalue weighted by Gasteiger charge is 2.17. The summed E-state index contributed by atoms with van der Waals surface area (Å²) in [6, 6.07) is 20.2. The van der Waals surface area contributed by atoms with E-state index in [2.05, 4.69) is 4.72 Å². The SMILES string of the molecule is CCOC(=O)c1ccc(N)cc1.O=C(O)c1ccccc1NS(=O)(=O)c1ccccc1. The Labute approximate surface area is 180 Å². The molecule has 0 saturated carbocycles. The Morgan fingerprint density at radius 2 is 1.52 bits per heavy atom. The molecule has 0 aliphatic carbocycles. The zero-order valence-corrected chi connectivity index (χ0v) is 17.5. The molecule has 0 fully saturated rings. The van der Waals surface area contributed by atoms with Crippen LogP contribution in [-0.4, -0.2) is 32.1 Å². The molecule has 4 N–H and O–H groups in total. The van der Waals surface area contributed by atoms with E-state index in [1.165, 1.54) is 30.3 Å². The van der Waals surface area contributed by atoms with Crippen molar-refractivity contribution in [1.29, 1.82) is 0 Å². The van der Waals surface area contributed by atoms with Gasteiger partial charge in [-0.3, -0.25) is 4.72 Å². The number of nitrogens with two attached hydrogens (primary N) is 1. The zero-order chi connectivity index (χ0) is 22.9. The van der Waals surface area contributed by atoms with Crippen LogP contribution in [0.15, 0.2) is 83.8 Å². The van der Waals surface area contributed by atoms with Crippen LogP contribution in [0.3, 0.4) is 0 Å². The number of nitrogen functional groups attached to an aromatic ring is 1. The number of para-hydroxylation sites is 1. The third-order valence-electron chi connectivity index (χ3n) is 3.88. The predicted molar refractivity (Wildman–Crippen MR) is 117 cm³/mol. The Morgan fingerprint density at radius 1 is 0.935 bits per heavy atom. The van der Waals surface area contributed by atoms with E-state index in [9.17, 15) is 18.0 Å². The van der Waals surface area contributed by atoms with Crippen molar-refractivity contribution in [1.82, 2.24) is 0 Å². The van der Waals surface area contributed by atoms with E-state index in [4.69, 9.17) is 15.6 Å². The van der Waals surface area contributed by atoms with Crippen molar-refractivity contribution in [3.8, 4) is 0 Å². The van der Waals surface area contributed by atoms with Gasteiger partial charge in [-0.15, -0.1) is 0 Å². The van der Waals surface area contributed by atoms with Gasteiger partial charge in [0, 0.05) is 5.69 Å². The van der Waals surface area contributed by atoms with Gasteiger partial charge in [-0.25, -0.2) is 18.0 Å². The van der Waals surface area contributed by atoms with E-state index >= 15 is 0 Å². The number of carboxylic acids is 1. The van der Waals surface area contributed by atoms with Gasteiger partial charge in [0.1, 0.15) is 0 Å². The number of sulfonamides is 1. The van der Waals surface area contributed by atoms with Crippen LogP contribution >= 0.6 is 0 Å². The topological polar surface area (TPSA) is 136 Å². The Morgan fingerprint density at radius 3 is 2.10 bits per heavy atom. The molecule has 0 bridgehead atoms. The van der Waals surface area contributed by atoms with Gasteiger partial charge in [0.05, 0.1) is 28.3 Å². The number of esters is 1. The first-order chi connectivity index (χ1) is 14.7. The largest absolute Gasteiger partial charge is 0.478 e. The molecule has 31 heavy (non-hydrogen) atoms. The standard InChI is InChI=1S/C13H11NO4S.C9H11NO2/c15-13(16)11-8-4-5-9-12(11)14-19(17,18)10-6-2-1-3-7-10;1-2-12-9(11)7-3-5-8(10)6-4-7/h1-9,14H,(H,15,16);3-6H,2,10H2,1H3. The fourth-order valence-corrected chi connectivity index (χ4v) is 3.50. The summed E-state index contributed by atoms with van der Waals surface area (Å²) >= 11 is 0.